The molecule has 0 aromatic carbocycles. The van der Waals surface area contributed by atoms with E-state index in [9.17, 15) is 4.79 Å². The van der Waals surface area contributed by atoms with Crippen LogP contribution in [0, 0.1) is 5.92 Å². The van der Waals surface area contributed by atoms with E-state index in [2.05, 4.69) is 10.2 Å². The Morgan fingerprint density at radius 1 is 1.56 bits per heavy atom. The predicted octanol–water partition coefficient (Wildman–Crippen LogP) is 1.52. The number of hydrogen-bond donors (Lipinski definition) is 0. The number of rotatable bonds is 0. The SMILES string of the molecule is CC1=C[C@H](C)C(=O)N=N1. The first-order chi connectivity index (χ1) is 4.20. The molecule has 0 aliphatic carbocycles. The topological polar surface area (TPSA) is 41.8 Å². The molecule has 0 radical (unpaired) electrons. The number of carbonyl (C=O) groups is 1. The largest absolute Gasteiger partial charge is 0.271 e. The minimum Gasteiger partial charge on any atom is -0.270 e. The second-order valence-electron chi connectivity index (χ2n) is 2.13. The fourth-order valence-electron chi connectivity index (χ4n) is 0.686. The molecule has 1 amide bonds. The van der Waals surface area contributed by atoms with Crippen molar-refractivity contribution in [2.75, 3.05) is 0 Å². The van der Waals surface area contributed by atoms with Crippen LogP contribution >= 0.6 is 0 Å². The van der Waals surface area contributed by atoms with E-state index < -0.39 is 0 Å². The van der Waals surface area contributed by atoms with Crippen molar-refractivity contribution in [3.8, 4) is 0 Å². The van der Waals surface area contributed by atoms with Crippen LogP contribution in [0.25, 0.3) is 0 Å². The molecule has 3 nitrogen and oxygen atoms in total. The average Bonchev–Trinajstić information content (AvgIpc) is 1.80. The Bertz CT molecular complexity index is 193. The Morgan fingerprint density at radius 2 is 2.22 bits per heavy atom. The van der Waals surface area contributed by atoms with Crippen LogP contribution < -0.4 is 0 Å². The maximum absolute atomic E-state index is 10.6. The second-order valence-corrected chi connectivity index (χ2v) is 2.13. The summed E-state index contributed by atoms with van der Waals surface area (Å²) < 4.78 is 0. The van der Waals surface area contributed by atoms with Gasteiger partial charge in [0.25, 0.3) is 5.91 Å². The third-order valence-corrected chi connectivity index (χ3v) is 1.19. The first-order valence-electron chi connectivity index (χ1n) is 2.84. The van der Waals surface area contributed by atoms with E-state index >= 15 is 0 Å². The highest BCUT2D eigenvalue weighted by molar-refractivity contribution is 5.81. The quantitative estimate of drug-likeness (QED) is 0.482. The summed E-state index contributed by atoms with van der Waals surface area (Å²) >= 11 is 0. The second kappa shape index (κ2) is 2.09. The zero-order valence-corrected chi connectivity index (χ0v) is 5.46. The minimum absolute atomic E-state index is 0.0810. The van der Waals surface area contributed by atoms with Gasteiger partial charge < -0.3 is 0 Å². The smallest absolute Gasteiger partial charge is 0.270 e. The average molecular weight is 124 g/mol. The molecule has 0 saturated heterocycles. The van der Waals surface area contributed by atoms with Crippen molar-refractivity contribution in [1.29, 1.82) is 0 Å². The van der Waals surface area contributed by atoms with Gasteiger partial charge in [-0.25, -0.2) is 0 Å². The van der Waals surface area contributed by atoms with Gasteiger partial charge in [-0.15, -0.1) is 5.11 Å². The van der Waals surface area contributed by atoms with E-state index in [1.165, 1.54) is 0 Å². The van der Waals surface area contributed by atoms with E-state index in [1.807, 2.05) is 13.8 Å². The van der Waals surface area contributed by atoms with Crippen LogP contribution in [0.5, 0.6) is 0 Å². The summed E-state index contributed by atoms with van der Waals surface area (Å²) in [4.78, 5) is 10.6. The van der Waals surface area contributed by atoms with E-state index in [-0.39, 0.29) is 11.8 Å². The van der Waals surface area contributed by atoms with Crippen molar-refractivity contribution in [3.05, 3.63) is 11.8 Å². The summed E-state index contributed by atoms with van der Waals surface area (Å²) in [7, 11) is 0. The van der Waals surface area contributed by atoms with Crippen LogP contribution in [0.15, 0.2) is 22.0 Å². The number of amides is 1. The molecule has 0 saturated carbocycles. The lowest BCUT2D eigenvalue weighted by molar-refractivity contribution is -0.120. The zero-order chi connectivity index (χ0) is 6.85. The molecular weight excluding hydrogens is 116 g/mol. The fraction of sp³-hybridized carbons (Fsp3) is 0.500. The lowest BCUT2D eigenvalue weighted by Gasteiger charge is -2.03. The molecule has 1 atom stereocenters. The zero-order valence-electron chi connectivity index (χ0n) is 5.46. The normalized spacial score (nSPS) is 26.2. The van der Waals surface area contributed by atoms with Crippen LogP contribution in [0.4, 0.5) is 0 Å². The van der Waals surface area contributed by atoms with Gasteiger partial charge in [-0.1, -0.05) is 0 Å². The number of azo groups is 1. The van der Waals surface area contributed by atoms with Gasteiger partial charge in [0.05, 0.1) is 11.6 Å². The molecule has 9 heavy (non-hydrogen) atoms. The van der Waals surface area contributed by atoms with Crippen molar-refractivity contribution in [2.45, 2.75) is 13.8 Å². The summed E-state index contributed by atoms with van der Waals surface area (Å²) in [6, 6.07) is 0. The van der Waals surface area contributed by atoms with Gasteiger partial charge in [0.2, 0.25) is 0 Å². The highest BCUT2D eigenvalue weighted by Gasteiger charge is 2.12. The molecule has 1 heterocycles. The standard InChI is InChI=1S/C6H8N2O/c1-4-3-5(2)7-8-6(4)9/h3-4H,1-2H3/t4-/m0/s1. The first-order valence-corrected chi connectivity index (χ1v) is 2.84. The van der Waals surface area contributed by atoms with E-state index in [4.69, 9.17) is 0 Å². The van der Waals surface area contributed by atoms with Gasteiger partial charge >= 0.3 is 0 Å². The molecule has 3 heteroatoms. The summed E-state index contributed by atoms with van der Waals surface area (Å²) in [6.45, 7) is 3.64. The van der Waals surface area contributed by atoms with Crippen molar-refractivity contribution in [3.63, 3.8) is 0 Å². The van der Waals surface area contributed by atoms with Crippen molar-refractivity contribution < 1.29 is 4.79 Å². The van der Waals surface area contributed by atoms with Gasteiger partial charge in [0, 0.05) is 0 Å². The predicted molar refractivity (Wildman–Crippen MR) is 32.8 cm³/mol. The first kappa shape index (κ1) is 6.13. The Labute approximate surface area is 53.5 Å². The van der Waals surface area contributed by atoms with E-state index in [1.54, 1.807) is 6.08 Å². The molecule has 0 aromatic rings. The number of carbonyl (C=O) groups excluding carboxylic acids is 1. The molecule has 0 N–H and O–H groups in total. The monoisotopic (exact) mass is 124 g/mol. The molecular formula is C6H8N2O. The Kier molecular flexibility index (Phi) is 1.42. The molecule has 1 rings (SSSR count). The van der Waals surface area contributed by atoms with Gasteiger partial charge in [0.15, 0.2) is 0 Å². The van der Waals surface area contributed by atoms with Gasteiger partial charge in [-0.05, 0) is 19.9 Å². The van der Waals surface area contributed by atoms with Crippen LogP contribution in [0.2, 0.25) is 0 Å². The Hall–Kier alpha value is -0.990. The summed E-state index contributed by atoms with van der Waals surface area (Å²) in [5, 5.41) is 7.01. The highest BCUT2D eigenvalue weighted by Crippen LogP contribution is 2.11. The molecule has 1 aliphatic heterocycles. The van der Waals surface area contributed by atoms with Crippen molar-refractivity contribution in [2.24, 2.45) is 16.1 Å². The third-order valence-electron chi connectivity index (χ3n) is 1.19. The van der Waals surface area contributed by atoms with Gasteiger partial charge in [-0.3, -0.25) is 4.79 Å². The summed E-state index contributed by atoms with van der Waals surface area (Å²) in [5.41, 5.74) is 0.821. The van der Waals surface area contributed by atoms with E-state index in [0.29, 0.717) is 0 Å². The Balaban J connectivity index is 2.82. The Morgan fingerprint density at radius 3 is 2.67 bits per heavy atom. The van der Waals surface area contributed by atoms with Crippen molar-refractivity contribution >= 4 is 5.91 Å². The number of nitrogens with zero attached hydrogens (tertiary/aromatic N) is 2. The van der Waals surface area contributed by atoms with Gasteiger partial charge in [-0.2, -0.15) is 5.11 Å². The molecule has 0 bridgehead atoms. The molecule has 0 aromatic heterocycles. The number of allylic oxidation sites excluding steroid dienone is 1. The lowest BCUT2D eigenvalue weighted by Crippen LogP contribution is -2.07. The van der Waals surface area contributed by atoms with Crippen LogP contribution in [-0.4, -0.2) is 5.91 Å². The van der Waals surface area contributed by atoms with Crippen LogP contribution in [0.3, 0.4) is 0 Å². The minimum atomic E-state index is -0.152. The van der Waals surface area contributed by atoms with Crippen molar-refractivity contribution in [1.82, 2.24) is 0 Å². The van der Waals surface area contributed by atoms with E-state index in [0.717, 1.165) is 5.70 Å². The van der Waals surface area contributed by atoms with Gasteiger partial charge in [0.1, 0.15) is 0 Å². The molecule has 0 fully saturated rings. The lowest BCUT2D eigenvalue weighted by atomic mass is 10.1. The van der Waals surface area contributed by atoms with Crippen LogP contribution in [0.1, 0.15) is 13.8 Å². The fourth-order valence-corrected chi connectivity index (χ4v) is 0.686. The molecule has 0 unspecified atom stereocenters. The number of hydrogen-bond acceptors (Lipinski definition) is 2. The third kappa shape index (κ3) is 1.22. The van der Waals surface area contributed by atoms with Crippen LogP contribution in [-0.2, 0) is 4.79 Å². The maximum atomic E-state index is 10.6. The maximum Gasteiger partial charge on any atom is 0.271 e. The molecule has 1 aliphatic rings. The highest BCUT2D eigenvalue weighted by atomic mass is 16.1. The molecule has 48 valence electrons. The summed E-state index contributed by atoms with van der Waals surface area (Å²) in [5.74, 6) is -0.233. The summed E-state index contributed by atoms with van der Waals surface area (Å²) in [6.07, 6.45) is 1.80. The molecule has 0 spiro atoms.